The van der Waals surface area contributed by atoms with Crippen LogP contribution in [0.3, 0.4) is 0 Å². The maximum atomic E-state index is 13.0. The molecule has 18 heavy (non-hydrogen) atoms. The molecule has 0 saturated carbocycles. The maximum absolute atomic E-state index is 13.0. The smallest absolute Gasteiger partial charge is 0.304 e. The Morgan fingerprint density at radius 1 is 1.50 bits per heavy atom. The number of carboxylic acids is 1. The van der Waals surface area contributed by atoms with Gasteiger partial charge in [0.1, 0.15) is 5.82 Å². The molecule has 5 nitrogen and oxygen atoms in total. The maximum Gasteiger partial charge on any atom is 0.304 e. The normalized spacial score (nSPS) is 11.8. The summed E-state index contributed by atoms with van der Waals surface area (Å²) in [6.07, 6.45) is -0.294. The van der Waals surface area contributed by atoms with E-state index < -0.39 is 21.8 Å². The Hall–Kier alpha value is -0.990. The van der Waals surface area contributed by atoms with Crippen molar-refractivity contribution in [1.29, 1.82) is 0 Å². The molecule has 0 saturated heterocycles. The fraction of sp³-hybridized carbons (Fsp3) is 0.300. The van der Waals surface area contributed by atoms with Crippen LogP contribution in [0.25, 0.3) is 0 Å². The van der Waals surface area contributed by atoms with Crippen LogP contribution in [0.2, 0.25) is 0 Å². The van der Waals surface area contributed by atoms with Crippen LogP contribution < -0.4 is 0 Å². The van der Waals surface area contributed by atoms with E-state index in [0.29, 0.717) is 0 Å². The zero-order valence-electron chi connectivity index (χ0n) is 9.43. The molecule has 0 heterocycles. The molecule has 0 aliphatic rings. The molecule has 1 aromatic carbocycles. The second-order valence-electron chi connectivity index (χ2n) is 3.55. The summed E-state index contributed by atoms with van der Waals surface area (Å²) in [4.78, 5) is 10.3. The summed E-state index contributed by atoms with van der Waals surface area (Å²) in [5.41, 5.74) is 0. The number of rotatable bonds is 5. The van der Waals surface area contributed by atoms with Crippen molar-refractivity contribution in [3.8, 4) is 0 Å². The Morgan fingerprint density at radius 3 is 2.61 bits per heavy atom. The van der Waals surface area contributed by atoms with Crippen molar-refractivity contribution in [2.45, 2.75) is 11.3 Å². The number of benzene rings is 1. The van der Waals surface area contributed by atoms with Crippen molar-refractivity contribution < 1.29 is 22.7 Å². The summed E-state index contributed by atoms with van der Waals surface area (Å²) in [5, 5.41) is 8.50. The number of carboxylic acid groups (broad SMARTS) is 1. The van der Waals surface area contributed by atoms with Crippen LogP contribution >= 0.6 is 15.9 Å². The number of halogens is 2. The van der Waals surface area contributed by atoms with Gasteiger partial charge in [0.05, 0.1) is 15.8 Å². The van der Waals surface area contributed by atoms with E-state index in [1.807, 2.05) is 0 Å². The molecular weight excluding hydrogens is 329 g/mol. The predicted molar refractivity (Wildman–Crippen MR) is 66.2 cm³/mol. The zero-order valence-corrected chi connectivity index (χ0v) is 11.8. The summed E-state index contributed by atoms with van der Waals surface area (Å²) in [7, 11) is -2.53. The minimum Gasteiger partial charge on any atom is -0.481 e. The van der Waals surface area contributed by atoms with Crippen LogP contribution in [-0.4, -0.2) is 37.4 Å². The van der Waals surface area contributed by atoms with Crippen LogP contribution in [0, 0.1) is 5.82 Å². The van der Waals surface area contributed by atoms with Gasteiger partial charge in [-0.15, -0.1) is 0 Å². The highest BCUT2D eigenvalue weighted by Crippen LogP contribution is 2.22. The highest BCUT2D eigenvalue weighted by atomic mass is 79.9. The van der Waals surface area contributed by atoms with E-state index in [1.165, 1.54) is 7.05 Å². The first kappa shape index (κ1) is 15.1. The number of nitrogens with zero attached hydrogens (tertiary/aromatic N) is 1. The largest absolute Gasteiger partial charge is 0.481 e. The predicted octanol–water partition coefficient (Wildman–Crippen LogP) is 1.68. The van der Waals surface area contributed by atoms with Gasteiger partial charge in [-0.05, 0) is 34.1 Å². The fourth-order valence-electron chi connectivity index (χ4n) is 1.19. The quantitative estimate of drug-likeness (QED) is 0.885. The summed E-state index contributed by atoms with van der Waals surface area (Å²) >= 11 is 2.90. The molecule has 0 aromatic heterocycles. The summed E-state index contributed by atoms with van der Waals surface area (Å²) in [5.74, 6) is -1.65. The minimum absolute atomic E-state index is 0.0372. The molecule has 0 bridgehead atoms. The molecule has 0 radical (unpaired) electrons. The van der Waals surface area contributed by atoms with Crippen LogP contribution in [0.1, 0.15) is 6.42 Å². The third kappa shape index (κ3) is 3.50. The van der Waals surface area contributed by atoms with Gasteiger partial charge in [-0.1, -0.05) is 0 Å². The van der Waals surface area contributed by atoms with Gasteiger partial charge in [0.2, 0.25) is 10.0 Å². The SMILES string of the molecule is CN(CCC(=O)O)S(=O)(=O)c1ccc(F)c(Br)c1. The molecule has 0 unspecified atom stereocenters. The first-order valence-corrected chi connectivity index (χ1v) is 7.11. The van der Waals surface area contributed by atoms with E-state index in [1.54, 1.807) is 0 Å². The molecule has 0 aliphatic carbocycles. The second-order valence-corrected chi connectivity index (χ2v) is 6.45. The first-order valence-electron chi connectivity index (χ1n) is 4.88. The number of sulfonamides is 1. The van der Waals surface area contributed by atoms with Gasteiger partial charge in [0.25, 0.3) is 0 Å². The van der Waals surface area contributed by atoms with E-state index in [4.69, 9.17) is 5.11 Å². The number of aliphatic carboxylic acids is 1. The lowest BCUT2D eigenvalue weighted by atomic mass is 10.3. The fourth-order valence-corrected chi connectivity index (χ4v) is 2.92. The van der Waals surface area contributed by atoms with Crippen LogP contribution in [-0.2, 0) is 14.8 Å². The van der Waals surface area contributed by atoms with Crippen molar-refractivity contribution in [2.24, 2.45) is 0 Å². The highest BCUT2D eigenvalue weighted by Gasteiger charge is 2.22. The standard InChI is InChI=1S/C10H11BrFNO4S/c1-13(5-4-10(14)15)18(16,17)7-2-3-9(12)8(11)6-7/h2-3,6H,4-5H2,1H3,(H,14,15). The molecule has 0 aliphatic heterocycles. The number of hydrogen-bond donors (Lipinski definition) is 1. The molecule has 1 N–H and O–H groups in total. The van der Waals surface area contributed by atoms with E-state index >= 15 is 0 Å². The molecule has 1 aromatic rings. The Balaban J connectivity index is 2.98. The van der Waals surface area contributed by atoms with Crippen molar-refractivity contribution in [3.63, 3.8) is 0 Å². The number of hydrogen-bond acceptors (Lipinski definition) is 3. The second kappa shape index (κ2) is 5.77. The summed E-state index contributed by atoms with van der Waals surface area (Å²) < 4.78 is 38.0. The van der Waals surface area contributed by atoms with Crippen molar-refractivity contribution in [3.05, 3.63) is 28.5 Å². The molecule has 0 amide bonds. The lowest BCUT2D eigenvalue weighted by Crippen LogP contribution is -2.29. The monoisotopic (exact) mass is 339 g/mol. The lowest BCUT2D eigenvalue weighted by molar-refractivity contribution is -0.137. The van der Waals surface area contributed by atoms with Gasteiger partial charge >= 0.3 is 5.97 Å². The lowest BCUT2D eigenvalue weighted by Gasteiger charge is -2.16. The van der Waals surface area contributed by atoms with Crippen LogP contribution in [0.4, 0.5) is 4.39 Å². The van der Waals surface area contributed by atoms with Gasteiger partial charge in [-0.25, -0.2) is 17.1 Å². The van der Waals surface area contributed by atoms with Crippen molar-refractivity contribution >= 4 is 31.9 Å². The first-order chi connectivity index (χ1) is 8.25. The molecule has 0 fully saturated rings. The Kier molecular flexibility index (Phi) is 4.83. The van der Waals surface area contributed by atoms with Gasteiger partial charge in [0.15, 0.2) is 0 Å². The third-order valence-electron chi connectivity index (χ3n) is 2.24. The average Bonchev–Trinajstić information content (AvgIpc) is 2.29. The highest BCUT2D eigenvalue weighted by molar-refractivity contribution is 9.10. The minimum atomic E-state index is -3.80. The average molecular weight is 340 g/mol. The van der Waals surface area contributed by atoms with E-state index in [2.05, 4.69) is 15.9 Å². The van der Waals surface area contributed by atoms with E-state index in [0.717, 1.165) is 22.5 Å². The van der Waals surface area contributed by atoms with E-state index in [9.17, 15) is 17.6 Å². The Morgan fingerprint density at radius 2 is 2.11 bits per heavy atom. The number of carbonyl (C=O) groups is 1. The summed E-state index contributed by atoms with van der Waals surface area (Å²) in [6, 6.07) is 3.30. The zero-order chi connectivity index (χ0) is 13.9. The molecule has 8 heteroatoms. The molecular formula is C10H11BrFNO4S. The molecule has 1 rings (SSSR count). The van der Waals surface area contributed by atoms with Gasteiger partial charge in [-0.2, -0.15) is 0 Å². The topological polar surface area (TPSA) is 74.7 Å². The Bertz CT molecular complexity index is 561. The third-order valence-corrected chi connectivity index (χ3v) is 4.70. The van der Waals surface area contributed by atoms with Crippen molar-refractivity contribution in [1.82, 2.24) is 4.31 Å². The van der Waals surface area contributed by atoms with Crippen molar-refractivity contribution in [2.75, 3.05) is 13.6 Å². The van der Waals surface area contributed by atoms with Gasteiger partial charge < -0.3 is 5.11 Å². The van der Waals surface area contributed by atoms with E-state index in [-0.39, 0.29) is 22.3 Å². The van der Waals surface area contributed by atoms with Crippen LogP contribution in [0.15, 0.2) is 27.6 Å². The Labute approximate surface area is 112 Å². The molecule has 100 valence electrons. The summed E-state index contributed by atoms with van der Waals surface area (Å²) in [6.45, 7) is -0.146. The molecule has 0 atom stereocenters. The van der Waals surface area contributed by atoms with Crippen LogP contribution in [0.5, 0.6) is 0 Å². The van der Waals surface area contributed by atoms with Gasteiger partial charge in [-0.3, -0.25) is 4.79 Å². The van der Waals surface area contributed by atoms with Gasteiger partial charge in [0, 0.05) is 13.6 Å². The molecule has 0 spiro atoms.